The summed E-state index contributed by atoms with van der Waals surface area (Å²) in [4.78, 5) is 12.1. The second-order valence-electron chi connectivity index (χ2n) is 4.45. The van der Waals surface area contributed by atoms with Gasteiger partial charge in [0.15, 0.2) is 0 Å². The van der Waals surface area contributed by atoms with E-state index in [0.29, 0.717) is 12.2 Å². The lowest BCUT2D eigenvalue weighted by Crippen LogP contribution is -2.17. The zero-order valence-electron chi connectivity index (χ0n) is 11.5. The molecule has 0 saturated carbocycles. The number of hydrogen-bond donors (Lipinski definition) is 0. The molecule has 3 nitrogen and oxygen atoms in total. The normalized spacial score (nSPS) is 11.1. The molecule has 0 N–H and O–H groups in total. The molecule has 0 radical (unpaired) electrons. The van der Waals surface area contributed by atoms with Crippen molar-refractivity contribution >= 4 is 5.78 Å². The molecule has 1 heterocycles. The lowest BCUT2D eigenvalue weighted by molar-refractivity contribution is -0.122. The van der Waals surface area contributed by atoms with Crippen molar-refractivity contribution < 1.29 is 4.79 Å². The van der Waals surface area contributed by atoms with Crippen LogP contribution in [0, 0.1) is 5.92 Å². The van der Waals surface area contributed by atoms with Gasteiger partial charge in [0.2, 0.25) is 0 Å². The molecular formula is C14H24N2O. The Morgan fingerprint density at radius 1 is 1.29 bits per heavy atom. The number of aromatic nitrogens is 2. The third-order valence-corrected chi connectivity index (χ3v) is 3.37. The van der Waals surface area contributed by atoms with Gasteiger partial charge >= 0.3 is 0 Å². The second-order valence-corrected chi connectivity index (χ2v) is 4.45. The van der Waals surface area contributed by atoms with Crippen molar-refractivity contribution in [3.8, 4) is 0 Å². The molecule has 1 rings (SSSR count). The number of hydrogen-bond acceptors (Lipinski definition) is 2. The highest BCUT2D eigenvalue weighted by Crippen LogP contribution is 2.14. The Hall–Kier alpha value is -1.12. The molecule has 1 aromatic rings. The van der Waals surface area contributed by atoms with Crippen molar-refractivity contribution in [2.45, 2.75) is 59.9 Å². The summed E-state index contributed by atoms with van der Waals surface area (Å²) in [5.74, 6) is 0.563. The summed E-state index contributed by atoms with van der Waals surface area (Å²) in [7, 11) is 0. The van der Waals surface area contributed by atoms with E-state index in [-0.39, 0.29) is 5.92 Å². The topological polar surface area (TPSA) is 34.9 Å². The van der Waals surface area contributed by atoms with Crippen LogP contribution in [0.2, 0.25) is 0 Å². The molecule has 0 aliphatic rings. The SMILES string of the molecule is CCc1cc(CC(=O)C(CC)CC)n(CC)n1. The Bertz CT molecular complexity index is 364. The summed E-state index contributed by atoms with van der Waals surface area (Å²) < 4.78 is 1.96. The number of nitrogens with zero attached hydrogens (tertiary/aromatic N) is 2. The highest BCUT2D eigenvalue weighted by Gasteiger charge is 2.17. The molecule has 1 aromatic heterocycles. The molecule has 0 aromatic carbocycles. The Morgan fingerprint density at radius 2 is 1.94 bits per heavy atom. The molecule has 0 atom stereocenters. The summed E-state index contributed by atoms with van der Waals surface area (Å²) in [6.45, 7) is 9.17. The molecule has 0 aliphatic carbocycles. The van der Waals surface area contributed by atoms with Crippen LogP contribution in [-0.2, 0) is 24.2 Å². The third-order valence-electron chi connectivity index (χ3n) is 3.37. The van der Waals surface area contributed by atoms with Crippen LogP contribution >= 0.6 is 0 Å². The predicted molar refractivity (Wildman–Crippen MR) is 70.1 cm³/mol. The molecule has 96 valence electrons. The molecule has 0 unspecified atom stereocenters. The van der Waals surface area contributed by atoms with Crippen molar-refractivity contribution in [2.75, 3.05) is 0 Å². The molecular weight excluding hydrogens is 212 g/mol. The fourth-order valence-corrected chi connectivity index (χ4v) is 2.17. The van der Waals surface area contributed by atoms with E-state index in [1.807, 2.05) is 4.68 Å². The first-order chi connectivity index (χ1) is 8.15. The maximum atomic E-state index is 12.1. The molecule has 17 heavy (non-hydrogen) atoms. The summed E-state index contributed by atoms with van der Waals surface area (Å²) in [5, 5.41) is 4.48. The Kier molecular flexibility index (Phi) is 5.39. The Labute approximate surface area is 104 Å². The van der Waals surface area contributed by atoms with Gasteiger partial charge in [-0.05, 0) is 32.3 Å². The van der Waals surface area contributed by atoms with Crippen LogP contribution in [0.1, 0.15) is 51.9 Å². The number of carbonyl (C=O) groups excluding carboxylic acids is 1. The first-order valence-corrected chi connectivity index (χ1v) is 6.74. The minimum Gasteiger partial charge on any atom is -0.299 e. The smallest absolute Gasteiger partial charge is 0.141 e. The molecule has 0 amide bonds. The van der Waals surface area contributed by atoms with Crippen molar-refractivity contribution in [1.29, 1.82) is 0 Å². The van der Waals surface area contributed by atoms with E-state index in [4.69, 9.17) is 0 Å². The average molecular weight is 236 g/mol. The van der Waals surface area contributed by atoms with Crippen molar-refractivity contribution in [1.82, 2.24) is 9.78 Å². The van der Waals surface area contributed by atoms with E-state index in [9.17, 15) is 4.79 Å². The molecule has 0 bridgehead atoms. The van der Waals surface area contributed by atoms with Gasteiger partial charge in [-0.2, -0.15) is 5.10 Å². The Morgan fingerprint density at radius 3 is 2.41 bits per heavy atom. The van der Waals surface area contributed by atoms with E-state index in [0.717, 1.165) is 37.2 Å². The molecule has 0 aliphatic heterocycles. The number of aryl methyl sites for hydroxylation is 2. The molecule has 0 fully saturated rings. The van der Waals surface area contributed by atoms with Gasteiger partial charge in [-0.3, -0.25) is 9.48 Å². The minimum atomic E-state index is 0.209. The predicted octanol–water partition coefficient (Wildman–Crippen LogP) is 3.01. The summed E-state index contributed by atoms with van der Waals surface area (Å²) in [6, 6.07) is 2.07. The summed E-state index contributed by atoms with van der Waals surface area (Å²) in [5.41, 5.74) is 2.15. The van der Waals surface area contributed by atoms with E-state index < -0.39 is 0 Å². The van der Waals surface area contributed by atoms with Crippen LogP contribution in [0.5, 0.6) is 0 Å². The lowest BCUT2D eigenvalue weighted by Gasteiger charge is -2.11. The van der Waals surface area contributed by atoms with Gasteiger partial charge in [0.1, 0.15) is 5.78 Å². The second kappa shape index (κ2) is 6.58. The van der Waals surface area contributed by atoms with Crippen LogP contribution in [0.4, 0.5) is 0 Å². The fourth-order valence-electron chi connectivity index (χ4n) is 2.17. The van der Waals surface area contributed by atoms with Gasteiger partial charge in [0.05, 0.1) is 5.69 Å². The zero-order valence-corrected chi connectivity index (χ0v) is 11.5. The first kappa shape index (κ1) is 13.9. The van der Waals surface area contributed by atoms with Gasteiger partial charge < -0.3 is 0 Å². The van der Waals surface area contributed by atoms with E-state index in [2.05, 4.69) is 38.9 Å². The van der Waals surface area contributed by atoms with E-state index in [1.54, 1.807) is 0 Å². The van der Waals surface area contributed by atoms with E-state index >= 15 is 0 Å². The average Bonchev–Trinajstić information content (AvgIpc) is 2.73. The monoisotopic (exact) mass is 236 g/mol. The van der Waals surface area contributed by atoms with Crippen molar-refractivity contribution in [2.24, 2.45) is 5.92 Å². The van der Waals surface area contributed by atoms with Gasteiger partial charge in [-0.15, -0.1) is 0 Å². The lowest BCUT2D eigenvalue weighted by atomic mass is 9.95. The summed E-state index contributed by atoms with van der Waals surface area (Å²) in [6.07, 6.45) is 3.35. The van der Waals surface area contributed by atoms with Gasteiger partial charge in [-0.1, -0.05) is 20.8 Å². The van der Waals surface area contributed by atoms with Crippen LogP contribution in [0.25, 0.3) is 0 Å². The Balaban J connectivity index is 2.79. The van der Waals surface area contributed by atoms with Gasteiger partial charge in [-0.25, -0.2) is 0 Å². The highest BCUT2D eigenvalue weighted by atomic mass is 16.1. The first-order valence-electron chi connectivity index (χ1n) is 6.74. The van der Waals surface area contributed by atoms with Crippen LogP contribution in [0.3, 0.4) is 0 Å². The van der Waals surface area contributed by atoms with Crippen molar-refractivity contribution in [3.05, 3.63) is 17.5 Å². The fraction of sp³-hybridized carbons (Fsp3) is 0.714. The number of rotatable bonds is 7. The maximum Gasteiger partial charge on any atom is 0.141 e. The molecule has 3 heteroatoms. The third kappa shape index (κ3) is 3.42. The number of carbonyl (C=O) groups is 1. The number of ketones is 1. The van der Waals surface area contributed by atoms with E-state index in [1.165, 1.54) is 0 Å². The van der Waals surface area contributed by atoms with Crippen LogP contribution in [-0.4, -0.2) is 15.6 Å². The summed E-state index contributed by atoms with van der Waals surface area (Å²) >= 11 is 0. The highest BCUT2D eigenvalue weighted by molar-refractivity contribution is 5.82. The van der Waals surface area contributed by atoms with Crippen LogP contribution < -0.4 is 0 Å². The standard InChI is InChI=1S/C14H24N2O/c1-5-11(6-2)14(17)10-13-9-12(7-3)15-16(13)8-4/h9,11H,5-8,10H2,1-4H3. The molecule has 0 saturated heterocycles. The number of Topliss-reactive ketones (excluding diaryl/α,β-unsaturated/α-hetero) is 1. The van der Waals surface area contributed by atoms with Crippen LogP contribution in [0.15, 0.2) is 6.07 Å². The largest absolute Gasteiger partial charge is 0.299 e. The van der Waals surface area contributed by atoms with Gasteiger partial charge in [0, 0.05) is 24.6 Å². The minimum absolute atomic E-state index is 0.209. The van der Waals surface area contributed by atoms with Gasteiger partial charge in [0.25, 0.3) is 0 Å². The van der Waals surface area contributed by atoms with Crippen molar-refractivity contribution in [3.63, 3.8) is 0 Å². The quantitative estimate of drug-likeness (QED) is 0.729. The maximum absolute atomic E-state index is 12.1. The zero-order chi connectivity index (χ0) is 12.8. The molecule has 0 spiro atoms.